The SMILES string of the molecule is C=CC(=O)NCc1ccccc1CC(=O)NC1(C(=O)OCC)Cc2ccccc2C1. The minimum absolute atomic E-state index is 0.0949. The zero-order valence-corrected chi connectivity index (χ0v) is 17.1. The highest BCUT2D eigenvalue weighted by Gasteiger charge is 2.46. The largest absolute Gasteiger partial charge is 0.464 e. The first-order valence-electron chi connectivity index (χ1n) is 9.99. The Balaban J connectivity index is 1.76. The van der Waals surface area contributed by atoms with E-state index in [9.17, 15) is 14.4 Å². The molecule has 0 saturated carbocycles. The molecule has 6 heteroatoms. The first-order chi connectivity index (χ1) is 14.5. The summed E-state index contributed by atoms with van der Waals surface area (Å²) in [5.41, 5.74) is 2.61. The third kappa shape index (κ3) is 4.76. The second-order valence-electron chi connectivity index (χ2n) is 7.34. The number of ether oxygens (including phenoxy) is 1. The van der Waals surface area contributed by atoms with Crippen molar-refractivity contribution in [2.75, 3.05) is 6.61 Å². The smallest absolute Gasteiger partial charge is 0.332 e. The van der Waals surface area contributed by atoms with Crippen LogP contribution >= 0.6 is 0 Å². The third-order valence-electron chi connectivity index (χ3n) is 5.26. The molecular weight excluding hydrogens is 380 g/mol. The van der Waals surface area contributed by atoms with E-state index >= 15 is 0 Å². The number of benzene rings is 2. The van der Waals surface area contributed by atoms with Crippen molar-refractivity contribution in [1.29, 1.82) is 0 Å². The van der Waals surface area contributed by atoms with Crippen molar-refractivity contribution in [3.63, 3.8) is 0 Å². The summed E-state index contributed by atoms with van der Waals surface area (Å²) in [7, 11) is 0. The maximum atomic E-state index is 13.0. The molecule has 3 rings (SSSR count). The van der Waals surface area contributed by atoms with Crippen LogP contribution in [-0.4, -0.2) is 29.9 Å². The first kappa shape index (κ1) is 21.3. The molecule has 2 N–H and O–H groups in total. The van der Waals surface area contributed by atoms with Crippen molar-refractivity contribution >= 4 is 17.8 Å². The van der Waals surface area contributed by atoms with Gasteiger partial charge in [-0.2, -0.15) is 0 Å². The lowest BCUT2D eigenvalue weighted by atomic mass is 9.94. The number of esters is 1. The van der Waals surface area contributed by atoms with Crippen molar-refractivity contribution in [3.05, 3.63) is 83.4 Å². The van der Waals surface area contributed by atoms with E-state index in [0.29, 0.717) is 19.4 Å². The van der Waals surface area contributed by atoms with Gasteiger partial charge in [-0.15, -0.1) is 0 Å². The van der Waals surface area contributed by atoms with Crippen LogP contribution in [0.5, 0.6) is 0 Å². The van der Waals surface area contributed by atoms with Gasteiger partial charge < -0.3 is 15.4 Å². The Kier molecular flexibility index (Phi) is 6.67. The standard InChI is InChI=1S/C24H26N2O4/c1-3-21(27)25-16-20-12-8-5-9-17(20)13-22(28)26-24(23(29)30-4-2)14-18-10-6-7-11-19(18)15-24/h3,5-12H,1,4,13-16H2,2H3,(H,25,27)(H,26,28). The second-order valence-corrected chi connectivity index (χ2v) is 7.34. The average Bonchev–Trinajstić information content (AvgIpc) is 3.12. The Labute approximate surface area is 176 Å². The van der Waals surface area contributed by atoms with Crippen LogP contribution in [0.25, 0.3) is 0 Å². The number of nitrogens with one attached hydrogen (secondary N) is 2. The van der Waals surface area contributed by atoms with Gasteiger partial charge in [-0.25, -0.2) is 4.79 Å². The van der Waals surface area contributed by atoms with Crippen LogP contribution in [0.3, 0.4) is 0 Å². The molecule has 0 spiro atoms. The monoisotopic (exact) mass is 406 g/mol. The Hall–Kier alpha value is -3.41. The molecule has 1 aliphatic rings. The van der Waals surface area contributed by atoms with Gasteiger partial charge in [0.2, 0.25) is 11.8 Å². The van der Waals surface area contributed by atoms with Crippen LogP contribution in [0.2, 0.25) is 0 Å². The predicted octanol–water partition coefficient (Wildman–Crippen LogP) is 2.25. The molecule has 0 bridgehead atoms. The number of amides is 2. The molecule has 0 heterocycles. The molecule has 0 atom stereocenters. The summed E-state index contributed by atoms with van der Waals surface area (Å²) in [6.07, 6.45) is 2.11. The molecule has 30 heavy (non-hydrogen) atoms. The maximum absolute atomic E-state index is 13.0. The van der Waals surface area contributed by atoms with Crippen LogP contribution in [0.15, 0.2) is 61.2 Å². The lowest BCUT2D eigenvalue weighted by Crippen LogP contribution is -2.56. The fourth-order valence-corrected chi connectivity index (χ4v) is 3.81. The number of carbonyl (C=O) groups excluding carboxylic acids is 3. The van der Waals surface area contributed by atoms with E-state index in [4.69, 9.17) is 4.74 Å². The molecule has 0 unspecified atom stereocenters. The summed E-state index contributed by atoms with van der Waals surface area (Å²) in [6, 6.07) is 15.2. The Bertz CT molecular complexity index is 942. The summed E-state index contributed by atoms with van der Waals surface area (Å²) in [5.74, 6) is -0.960. The van der Waals surface area contributed by atoms with E-state index in [0.717, 1.165) is 22.3 Å². The molecule has 0 saturated heterocycles. The number of hydrogen-bond acceptors (Lipinski definition) is 4. The van der Waals surface area contributed by atoms with E-state index in [1.807, 2.05) is 48.5 Å². The van der Waals surface area contributed by atoms with E-state index in [2.05, 4.69) is 17.2 Å². The normalized spacial score (nSPS) is 13.8. The van der Waals surface area contributed by atoms with Gasteiger partial charge in [0.1, 0.15) is 5.54 Å². The fraction of sp³-hybridized carbons (Fsp3) is 0.292. The van der Waals surface area contributed by atoms with Gasteiger partial charge >= 0.3 is 5.97 Å². The van der Waals surface area contributed by atoms with E-state index in [-0.39, 0.29) is 24.8 Å². The van der Waals surface area contributed by atoms with Gasteiger partial charge in [0.25, 0.3) is 0 Å². The number of hydrogen-bond donors (Lipinski definition) is 2. The van der Waals surface area contributed by atoms with Crippen molar-refractivity contribution in [1.82, 2.24) is 10.6 Å². The molecule has 2 amide bonds. The highest BCUT2D eigenvalue weighted by atomic mass is 16.5. The average molecular weight is 406 g/mol. The minimum atomic E-state index is -1.09. The zero-order chi connectivity index (χ0) is 21.6. The van der Waals surface area contributed by atoms with E-state index < -0.39 is 11.5 Å². The molecule has 0 fully saturated rings. The van der Waals surface area contributed by atoms with Gasteiger partial charge in [-0.1, -0.05) is 55.1 Å². The first-order valence-corrected chi connectivity index (χ1v) is 9.99. The van der Waals surface area contributed by atoms with Crippen LogP contribution in [0, 0.1) is 0 Å². The quantitative estimate of drug-likeness (QED) is 0.520. The summed E-state index contributed by atoms with van der Waals surface area (Å²) in [6.45, 7) is 5.73. The van der Waals surface area contributed by atoms with E-state index in [1.165, 1.54) is 6.08 Å². The van der Waals surface area contributed by atoms with Gasteiger partial charge in [0, 0.05) is 19.4 Å². The van der Waals surface area contributed by atoms with Gasteiger partial charge in [0.05, 0.1) is 13.0 Å². The molecule has 0 aromatic heterocycles. The van der Waals surface area contributed by atoms with Crippen LogP contribution in [0.1, 0.15) is 29.2 Å². The summed E-state index contributed by atoms with van der Waals surface area (Å²) in [4.78, 5) is 37.2. The topological polar surface area (TPSA) is 84.5 Å². The minimum Gasteiger partial charge on any atom is -0.464 e. The molecule has 156 valence electrons. The number of carbonyl (C=O) groups is 3. The van der Waals surface area contributed by atoms with Crippen LogP contribution in [-0.2, 0) is 44.9 Å². The van der Waals surface area contributed by atoms with E-state index in [1.54, 1.807) is 6.92 Å². The second kappa shape index (κ2) is 9.39. The molecule has 6 nitrogen and oxygen atoms in total. The van der Waals surface area contributed by atoms with Gasteiger partial charge in [-0.3, -0.25) is 9.59 Å². The van der Waals surface area contributed by atoms with Gasteiger partial charge in [0.15, 0.2) is 0 Å². The highest BCUT2D eigenvalue weighted by Crippen LogP contribution is 2.31. The maximum Gasteiger partial charge on any atom is 0.332 e. The lowest BCUT2D eigenvalue weighted by molar-refractivity contribution is -0.153. The summed E-state index contributed by atoms with van der Waals surface area (Å²) < 4.78 is 5.30. The van der Waals surface area contributed by atoms with Crippen LogP contribution in [0.4, 0.5) is 0 Å². The Morgan fingerprint density at radius 2 is 1.63 bits per heavy atom. The Morgan fingerprint density at radius 1 is 1.03 bits per heavy atom. The molecule has 0 radical (unpaired) electrons. The molecule has 1 aliphatic carbocycles. The zero-order valence-electron chi connectivity index (χ0n) is 17.1. The lowest BCUT2D eigenvalue weighted by Gasteiger charge is -2.28. The fourth-order valence-electron chi connectivity index (χ4n) is 3.81. The van der Waals surface area contributed by atoms with Crippen molar-refractivity contribution in [3.8, 4) is 0 Å². The Morgan fingerprint density at radius 3 is 2.23 bits per heavy atom. The predicted molar refractivity (Wildman–Crippen MR) is 114 cm³/mol. The number of fused-ring (bicyclic) bond motifs is 1. The number of rotatable bonds is 8. The molecule has 0 aliphatic heterocycles. The summed E-state index contributed by atoms with van der Waals surface area (Å²) in [5, 5.41) is 5.69. The van der Waals surface area contributed by atoms with Crippen molar-refractivity contribution in [2.24, 2.45) is 0 Å². The van der Waals surface area contributed by atoms with Crippen LogP contribution < -0.4 is 10.6 Å². The van der Waals surface area contributed by atoms with Crippen molar-refractivity contribution < 1.29 is 19.1 Å². The molecule has 2 aromatic rings. The highest BCUT2D eigenvalue weighted by molar-refractivity contribution is 5.90. The molecule has 2 aromatic carbocycles. The van der Waals surface area contributed by atoms with Gasteiger partial charge in [-0.05, 0) is 35.3 Å². The summed E-state index contributed by atoms with van der Waals surface area (Å²) >= 11 is 0. The third-order valence-corrected chi connectivity index (χ3v) is 5.26. The van der Waals surface area contributed by atoms with Crippen molar-refractivity contribution in [2.45, 2.75) is 38.3 Å². The molecular formula is C24H26N2O4.